The number of hydrogen-bond donors (Lipinski definition) is 2. The van der Waals surface area contributed by atoms with Gasteiger partial charge in [0.2, 0.25) is 11.8 Å². The number of nitrogens with one attached hydrogen (secondary N) is 1. The number of primary amides is 1. The molecule has 1 saturated carbocycles. The molecule has 4 amide bonds. The minimum Gasteiger partial charge on any atom is -0.385 e. The standard InChI is InChI=1S/C25H39N5O4/c1-28(2)25(20-8-5-4-6-9-20)13-11-24(12-14-25)19-29(16-10-22(32)27-18-21(26)31)23(33)30(24)15-7-17-34-3/h4-6,8-9H,7,10-19H2,1-3H3,(H2,26,31)(H,27,32)/t24-,25-. The Bertz CT molecular complexity index is 852. The monoisotopic (exact) mass is 473 g/mol. The van der Waals surface area contributed by atoms with E-state index in [1.54, 1.807) is 12.0 Å². The SMILES string of the molecule is COCCCN1C(=O)N(CCC(=O)NCC(N)=O)C[C@]12CC[C@@](c1ccccc1)(N(C)C)CC2. The van der Waals surface area contributed by atoms with Crippen LogP contribution in [0.1, 0.15) is 44.1 Å². The van der Waals surface area contributed by atoms with Crippen molar-refractivity contribution in [2.24, 2.45) is 5.73 Å². The number of nitrogens with two attached hydrogens (primary N) is 1. The van der Waals surface area contributed by atoms with Gasteiger partial charge in [-0.3, -0.25) is 14.5 Å². The molecule has 0 radical (unpaired) electrons. The Balaban J connectivity index is 1.74. The van der Waals surface area contributed by atoms with Crippen LogP contribution >= 0.6 is 0 Å². The molecule has 1 aliphatic heterocycles. The van der Waals surface area contributed by atoms with E-state index in [4.69, 9.17) is 10.5 Å². The van der Waals surface area contributed by atoms with Crippen molar-refractivity contribution in [3.63, 3.8) is 0 Å². The summed E-state index contributed by atoms with van der Waals surface area (Å²) in [5.41, 5.74) is 6.10. The first-order valence-electron chi connectivity index (χ1n) is 12.1. The lowest BCUT2D eigenvalue weighted by Gasteiger charge is -2.51. The second-order valence-corrected chi connectivity index (χ2v) is 9.71. The minimum absolute atomic E-state index is 0.0177. The van der Waals surface area contributed by atoms with E-state index >= 15 is 0 Å². The molecule has 1 saturated heterocycles. The Hall–Kier alpha value is -2.65. The molecule has 188 valence electrons. The Morgan fingerprint density at radius 3 is 2.38 bits per heavy atom. The van der Waals surface area contributed by atoms with Gasteiger partial charge in [-0.05, 0) is 51.8 Å². The quantitative estimate of drug-likeness (QED) is 0.474. The maximum Gasteiger partial charge on any atom is 0.320 e. The third-order valence-electron chi connectivity index (χ3n) is 7.53. The third kappa shape index (κ3) is 5.52. The van der Waals surface area contributed by atoms with E-state index in [-0.39, 0.29) is 36.0 Å². The van der Waals surface area contributed by atoms with Crippen molar-refractivity contribution in [1.29, 1.82) is 0 Å². The summed E-state index contributed by atoms with van der Waals surface area (Å²) >= 11 is 0. The zero-order valence-electron chi connectivity index (χ0n) is 20.7. The van der Waals surface area contributed by atoms with Crippen molar-refractivity contribution in [2.45, 2.75) is 49.6 Å². The van der Waals surface area contributed by atoms with E-state index in [1.807, 2.05) is 11.0 Å². The average Bonchev–Trinajstić information content (AvgIpc) is 3.08. The summed E-state index contributed by atoms with van der Waals surface area (Å²) in [6.07, 6.45) is 4.60. The number of amides is 4. The molecule has 2 fully saturated rings. The summed E-state index contributed by atoms with van der Waals surface area (Å²) in [5, 5.41) is 2.50. The molecule has 34 heavy (non-hydrogen) atoms. The molecule has 2 aliphatic rings. The topological polar surface area (TPSA) is 108 Å². The van der Waals surface area contributed by atoms with Gasteiger partial charge in [0, 0.05) is 45.3 Å². The largest absolute Gasteiger partial charge is 0.385 e. The maximum absolute atomic E-state index is 13.4. The van der Waals surface area contributed by atoms with Crippen LogP contribution in [0, 0.1) is 0 Å². The van der Waals surface area contributed by atoms with Gasteiger partial charge in [0.05, 0.1) is 12.1 Å². The Morgan fingerprint density at radius 1 is 1.12 bits per heavy atom. The number of hydrogen-bond acceptors (Lipinski definition) is 5. The summed E-state index contributed by atoms with van der Waals surface area (Å²) in [5.74, 6) is -0.864. The molecule has 1 aromatic rings. The summed E-state index contributed by atoms with van der Waals surface area (Å²) in [6.45, 7) is 1.98. The number of carbonyl (C=O) groups is 3. The number of rotatable bonds is 11. The summed E-state index contributed by atoms with van der Waals surface area (Å²) in [6, 6.07) is 10.6. The van der Waals surface area contributed by atoms with Gasteiger partial charge >= 0.3 is 6.03 Å². The van der Waals surface area contributed by atoms with Crippen LogP contribution in [0.2, 0.25) is 0 Å². The fraction of sp³-hybridized carbons (Fsp3) is 0.640. The van der Waals surface area contributed by atoms with Crippen molar-refractivity contribution in [3.8, 4) is 0 Å². The lowest BCUT2D eigenvalue weighted by atomic mass is 9.68. The van der Waals surface area contributed by atoms with Crippen molar-refractivity contribution in [1.82, 2.24) is 20.0 Å². The normalized spacial score (nSPS) is 24.8. The highest BCUT2D eigenvalue weighted by molar-refractivity contribution is 5.84. The first-order chi connectivity index (χ1) is 16.2. The van der Waals surface area contributed by atoms with Crippen LogP contribution < -0.4 is 11.1 Å². The zero-order chi connectivity index (χ0) is 24.8. The van der Waals surface area contributed by atoms with E-state index in [0.29, 0.717) is 26.2 Å². The van der Waals surface area contributed by atoms with Crippen molar-refractivity contribution < 1.29 is 19.1 Å². The third-order valence-corrected chi connectivity index (χ3v) is 7.53. The molecule has 9 nitrogen and oxygen atoms in total. The lowest BCUT2D eigenvalue weighted by molar-refractivity contribution is -0.124. The maximum atomic E-state index is 13.4. The molecular formula is C25H39N5O4. The van der Waals surface area contributed by atoms with Gasteiger partial charge in [0.15, 0.2) is 0 Å². The van der Waals surface area contributed by atoms with Crippen LogP contribution in [0.4, 0.5) is 4.79 Å². The summed E-state index contributed by atoms with van der Waals surface area (Å²) in [7, 11) is 5.95. The highest BCUT2D eigenvalue weighted by Gasteiger charge is 2.54. The predicted octanol–water partition coefficient (Wildman–Crippen LogP) is 1.52. The van der Waals surface area contributed by atoms with Crippen molar-refractivity contribution in [3.05, 3.63) is 35.9 Å². The van der Waals surface area contributed by atoms with E-state index in [1.165, 1.54) is 5.56 Å². The van der Waals surface area contributed by atoms with Crippen molar-refractivity contribution >= 4 is 17.8 Å². The molecular weight excluding hydrogens is 434 g/mol. The van der Waals surface area contributed by atoms with Gasteiger partial charge in [0.1, 0.15) is 0 Å². The summed E-state index contributed by atoms with van der Waals surface area (Å²) in [4.78, 5) is 42.6. The molecule has 3 N–H and O–H groups in total. The zero-order valence-corrected chi connectivity index (χ0v) is 20.7. The molecule has 0 unspecified atom stereocenters. The predicted molar refractivity (Wildman–Crippen MR) is 130 cm³/mol. The Labute approximate surface area is 202 Å². The van der Waals surface area contributed by atoms with Gasteiger partial charge in [-0.2, -0.15) is 0 Å². The molecule has 1 spiro atoms. The van der Waals surface area contributed by atoms with Crippen LogP contribution in [-0.4, -0.2) is 92.1 Å². The van der Waals surface area contributed by atoms with E-state index in [0.717, 1.165) is 32.1 Å². The van der Waals surface area contributed by atoms with Crippen LogP contribution in [0.25, 0.3) is 0 Å². The fourth-order valence-corrected chi connectivity index (χ4v) is 5.57. The Kier molecular flexibility index (Phi) is 8.54. The highest BCUT2D eigenvalue weighted by Crippen LogP contribution is 2.48. The molecule has 3 rings (SSSR count). The lowest BCUT2D eigenvalue weighted by Crippen LogP contribution is -2.55. The minimum atomic E-state index is -0.584. The van der Waals surface area contributed by atoms with E-state index < -0.39 is 5.91 Å². The molecule has 1 aliphatic carbocycles. The molecule has 1 heterocycles. The number of ether oxygens (including phenoxy) is 1. The molecule has 1 aromatic carbocycles. The fourth-order valence-electron chi connectivity index (χ4n) is 5.57. The number of methoxy groups -OCH3 is 1. The van der Waals surface area contributed by atoms with Crippen LogP contribution in [-0.2, 0) is 19.9 Å². The number of carbonyl (C=O) groups excluding carboxylic acids is 3. The van der Waals surface area contributed by atoms with E-state index in [2.05, 4.69) is 48.6 Å². The second kappa shape index (κ2) is 11.2. The van der Waals surface area contributed by atoms with Gasteiger partial charge in [-0.1, -0.05) is 30.3 Å². The number of nitrogens with zero attached hydrogens (tertiary/aromatic N) is 3. The van der Waals surface area contributed by atoms with Crippen LogP contribution in [0.5, 0.6) is 0 Å². The molecule has 0 aromatic heterocycles. The van der Waals surface area contributed by atoms with Crippen molar-refractivity contribution in [2.75, 3.05) is 54.0 Å². The number of benzene rings is 1. The smallest absolute Gasteiger partial charge is 0.320 e. The van der Waals surface area contributed by atoms with Crippen LogP contribution in [0.15, 0.2) is 30.3 Å². The van der Waals surface area contributed by atoms with E-state index in [9.17, 15) is 14.4 Å². The molecule has 9 heteroatoms. The van der Waals surface area contributed by atoms with Crippen LogP contribution in [0.3, 0.4) is 0 Å². The molecule has 0 bridgehead atoms. The highest BCUT2D eigenvalue weighted by atomic mass is 16.5. The van der Waals surface area contributed by atoms with Gasteiger partial charge < -0.3 is 25.6 Å². The first-order valence-corrected chi connectivity index (χ1v) is 12.1. The Morgan fingerprint density at radius 2 is 1.79 bits per heavy atom. The van der Waals surface area contributed by atoms with Gasteiger partial charge in [-0.15, -0.1) is 0 Å². The summed E-state index contributed by atoms with van der Waals surface area (Å²) < 4.78 is 5.24. The first kappa shape index (κ1) is 26.0. The second-order valence-electron chi connectivity index (χ2n) is 9.71. The number of urea groups is 1. The molecule has 0 atom stereocenters. The average molecular weight is 474 g/mol. The van der Waals surface area contributed by atoms with Gasteiger partial charge in [-0.25, -0.2) is 4.79 Å². The van der Waals surface area contributed by atoms with Gasteiger partial charge in [0.25, 0.3) is 0 Å².